The minimum absolute atomic E-state index is 1.09. The second kappa shape index (κ2) is 18.3. The normalized spacial score (nSPS) is 11.4. The minimum Gasteiger partial charge on any atom is -0.311 e. The zero-order chi connectivity index (χ0) is 45.9. The number of fused-ring (bicyclic) bond motifs is 3. The summed E-state index contributed by atoms with van der Waals surface area (Å²) in [6.07, 6.45) is 4.48. The maximum absolute atomic E-state index is 2.36. The Bertz CT molecular complexity index is 3620. The van der Waals surface area contributed by atoms with Crippen molar-refractivity contribution in [3.05, 3.63) is 284 Å². The molecule has 1 heteroatoms. The van der Waals surface area contributed by atoms with Crippen LogP contribution in [0, 0.1) is 0 Å². The third-order valence-corrected chi connectivity index (χ3v) is 13.5. The van der Waals surface area contributed by atoms with Crippen molar-refractivity contribution in [3.63, 3.8) is 0 Å². The van der Waals surface area contributed by atoms with Crippen molar-refractivity contribution in [1.82, 2.24) is 0 Å². The summed E-state index contributed by atoms with van der Waals surface area (Å²) in [6, 6.07) is 98.9. The number of hydrogen-bond acceptors (Lipinski definition) is 1. The number of anilines is 3. The highest BCUT2D eigenvalue weighted by atomic mass is 15.1. The molecule has 0 aliphatic carbocycles. The summed E-state index contributed by atoms with van der Waals surface area (Å²) in [5.41, 5.74) is 17.8. The molecule has 0 bridgehead atoms. The van der Waals surface area contributed by atoms with Gasteiger partial charge < -0.3 is 4.90 Å². The van der Waals surface area contributed by atoms with Gasteiger partial charge in [0.15, 0.2) is 0 Å². The van der Waals surface area contributed by atoms with Gasteiger partial charge in [-0.05, 0) is 135 Å². The molecule has 0 aliphatic rings. The first-order valence-electron chi connectivity index (χ1n) is 23.7. The Morgan fingerprint density at radius 2 is 0.551 bits per heavy atom. The number of nitrogens with zero attached hydrogens (tertiary/aromatic N) is 1. The molecule has 324 valence electrons. The van der Waals surface area contributed by atoms with E-state index < -0.39 is 0 Å². The quantitative estimate of drug-likeness (QED) is 0.0977. The van der Waals surface area contributed by atoms with E-state index >= 15 is 0 Å². The van der Waals surface area contributed by atoms with Crippen molar-refractivity contribution in [2.75, 3.05) is 4.90 Å². The van der Waals surface area contributed by atoms with Crippen molar-refractivity contribution in [1.29, 1.82) is 0 Å². The fourth-order valence-electron chi connectivity index (χ4n) is 10.1. The summed E-state index contributed by atoms with van der Waals surface area (Å²) >= 11 is 0. The molecule has 12 aromatic carbocycles. The molecule has 0 spiro atoms. The van der Waals surface area contributed by atoms with Crippen LogP contribution in [0.15, 0.2) is 273 Å². The average Bonchev–Trinajstić information content (AvgIpc) is 3.43. The molecule has 0 N–H and O–H groups in total. The summed E-state index contributed by atoms with van der Waals surface area (Å²) in [5.74, 6) is 0. The van der Waals surface area contributed by atoms with Gasteiger partial charge in [-0.25, -0.2) is 0 Å². The Labute approximate surface area is 404 Å². The minimum atomic E-state index is 1.09. The molecular formula is C68H47N. The monoisotopic (exact) mass is 877 g/mol. The zero-order valence-corrected chi connectivity index (χ0v) is 38.1. The predicted octanol–water partition coefficient (Wildman–Crippen LogP) is 19.1. The molecule has 0 fully saturated rings. The standard InChI is InChI=1S/C68H47N/c1-4-16-49(17-5-1)52-31-28-48(29-32-52)30-33-55-40-47-66(61-23-11-10-22-60(55)61)68-64-26-14-12-24-62(64)67(63-25-13-15-27-65(63)68)56-38-45-59(46-39-56)69(57-41-34-53(35-42-57)50-18-6-2-7-19-50)58-43-36-54(37-44-58)51-20-8-3-9-21-51/h1-47H/b33-30+. The first-order valence-corrected chi connectivity index (χ1v) is 23.7. The van der Waals surface area contributed by atoms with Crippen molar-refractivity contribution >= 4 is 61.5 Å². The predicted molar refractivity (Wildman–Crippen MR) is 296 cm³/mol. The molecule has 0 saturated carbocycles. The van der Waals surface area contributed by atoms with Gasteiger partial charge in [-0.3, -0.25) is 0 Å². The molecule has 12 aromatic rings. The SMILES string of the molecule is C(=C\c1ccc(-c2c3ccccc3c(-c3ccc(N(c4ccc(-c5ccccc5)cc4)c4ccc(-c5ccccc5)cc4)cc3)c3ccccc23)c2ccccc12)/c1ccc(-c2ccccc2)cc1. The largest absolute Gasteiger partial charge is 0.311 e. The van der Waals surface area contributed by atoms with Gasteiger partial charge in [-0.15, -0.1) is 0 Å². The fourth-order valence-corrected chi connectivity index (χ4v) is 10.1. The highest BCUT2D eigenvalue weighted by Crippen LogP contribution is 2.47. The number of benzene rings is 12. The Hall–Kier alpha value is -9.04. The lowest BCUT2D eigenvalue weighted by molar-refractivity contribution is 1.28. The Balaban J connectivity index is 0.934. The Kier molecular flexibility index (Phi) is 11.0. The van der Waals surface area contributed by atoms with E-state index in [-0.39, 0.29) is 0 Å². The molecule has 0 unspecified atom stereocenters. The van der Waals surface area contributed by atoms with E-state index in [1.165, 1.54) is 99.1 Å². The Morgan fingerprint density at radius 3 is 0.986 bits per heavy atom. The number of rotatable bonds is 10. The lowest BCUT2D eigenvalue weighted by Crippen LogP contribution is -2.09. The van der Waals surface area contributed by atoms with Crippen molar-refractivity contribution in [2.45, 2.75) is 0 Å². The van der Waals surface area contributed by atoms with E-state index in [1.807, 2.05) is 0 Å². The van der Waals surface area contributed by atoms with E-state index in [1.54, 1.807) is 0 Å². The van der Waals surface area contributed by atoms with Gasteiger partial charge in [0.05, 0.1) is 0 Å². The first kappa shape index (κ1) is 41.4. The molecule has 0 atom stereocenters. The molecule has 0 aliphatic heterocycles. The van der Waals surface area contributed by atoms with Crippen LogP contribution in [-0.2, 0) is 0 Å². The molecule has 0 saturated heterocycles. The van der Waals surface area contributed by atoms with E-state index in [4.69, 9.17) is 0 Å². The van der Waals surface area contributed by atoms with E-state index in [2.05, 4.69) is 290 Å². The van der Waals surface area contributed by atoms with Crippen LogP contribution in [0.2, 0.25) is 0 Å². The van der Waals surface area contributed by atoms with Crippen LogP contribution in [0.4, 0.5) is 17.1 Å². The molecule has 12 rings (SSSR count). The first-order chi connectivity index (χ1) is 34.2. The van der Waals surface area contributed by atoms with Crippen molar-refractivity contribution in [2.24, 2.45) is 0 Å². The van der Waals surface area contributed by atoms with Crippen LogP contribution in [0.3, 0.4) is 0 Å². The van der Waals surface area contributed by atoms with Gasteiger partial charge in [0.2, 0.25) is 0 Å². The zero-order valence-electron chi connectivity index (χ0n) is 38.1. The molecule has 69 heavy (non-hydrogen) atoms. The van der Waals surface area contributed by atoms with Crippen LogP contribution < -0.4 is 4.90 Å². The average molecular weight is 878 g/mol. The topological polar surface area (TPSA) is 3.24 Å². The summed E-state index contributed by atoms with van der Waals surface area (Å²) < 4.78 is 0. The van der Waals surface area contributed by atoms with Crippen LogP contribution in [-0.4, -0.2) is 0 Å². The third kappa shape index (κ3) is 8.07. The summed E-state index contributed by atoms with van der Waals surface area (Å²) in [6.45, 7) is 0. The molecule has 0 heterocycles. The Morgan fingerprint density at radius 1 is 0.217 bits per heavy atom. The van der Waals surface area contributed by atoms with Gasteiger partial charge in [-0.2, -0.15) is 0 Å². The highest BCUT2D eigenvalue weighted by molar-refractivity contribution is 6.24. The van der Waals surface area contributed by atoms with Gasteiger partial charge in [0.25, 0.3) is 0 Å². The van der Waals surface area contributed by atoms with Crippen molar-refractivity contribution < 1.29 is 0 Å². The van der Waals surface area contributed by atoms with Gasteiger partial charge in [-0.1, -0.05) is 249 Å². The van der Waals surface area contributed by atoms with Gasteiger partial charge in [0.1, 0.15) is 0 Å². The van der Waals surface area contributed by atoms with Crippen LogP contribution in [0.25, 0.3) is 100 Å². The second-order valence-corrected chi connectivity index (χ2v) is 17.6. The summed E-state index contributed by atoms with van der Waals surface area (Å²) in [5, 5.41) is 7.41. The highest BCUT2D eigenvalue weighted by Gasteiger charge is 2.20. The van der Waals surface area contributed by atoms with Crippen LogP contribution in [0.5, 0.6) is 0 Å². The van der Waals surface area contributed by atoms with E-state index in [0.29, 0.717) is 0 Å². The molecule has 0 aromatic heterocycles. The van der Waals surface area contributed by atoms with Gasteiger partial charge in [0, 0.05) is 17.1 Å². The summed E-state index contributed by atoms with van der Waals surface area (Å²) in [7, 11) is 0. The molecule has 0 amide bonds. The van der Waals surface area contributed by atoms with E-state index in [9.17, 15) is 0 Å². The smallest absolute Gasteiger partial charge is 0.0462 e. The second-order valence-electron chi connectivity index (χ2n) is 17.6. The third-order valence-electron chi connectivity index (χ3n) is 13.5. The van der Waals surface area contributed by atoms with Crippen LogP contribution in [0.1, 0.15) is 11.1 Å². The summed E-state index contributed by atoms with van der Waals surface area (Å²) in [4.78, 5) is 2.36. The van der Waals surface area contributed by atoms with Crippen molar-refractivity contribution in [3.8, 4) is 55.6 Å². The molecule has 0 radical (unpaired) electrons. The van der Waals surface area contributed by atoms with Crippen LogP contribution >= 0.6 is 0 Å². The van der Waals surface area contributed by atoms with E-state index in [0.717, 1.165) is 17.1 Å². The lowest BCUT2D eigenvalue weighted by Gasteiger charge is -2.26. The number of hydrogen-bond donors (Lipinski definition) is 0. The fraction of sp³-hybridized carbons (Fsp3) is 0. The molecule has 1 nitrogen and oxygen atoms in total. The lowest BCUT2D eigenvalue weighted by atomic mass is 9.84. The maximum atomic E-state index is 2.36. The maximum Gasteiger partial charge on any atom is 0.0462 e. The molecular weight excluding hydrogens is 831 g/mol. The van der Waals surface area contributed by atoms with Gasteiger partial charge >= 0.3 is 0 Å².